The molecule has 0 saturated heterocycles. The highest BCUT2D eigenvalue weighted by molar-refractivity contribution is 5.78. The molecule has 1 heterocycles. The topological polar surface area (TPSA) is 58.2 Å². The lowest BCUT2D eigenvalue weighted by molar-refractivity contribution is 0.0281. The summed E-state index contributed by atoms with van der Waals surface area (Å²) < 4.78 is 5.31. The molecule has 0 unspecified atom stereocenters. The lowest BCUT2D eigenvalue weighted by Crippen LogP contribution is -2.34. The van der Waals surface area contributed by atoms with Crippen molar-refractivity contribution in [2.75, 3.05) is 7.05 Å². The van der Waals surface area contributed by atoms with Crippen LogP contribution in [-0.2, 0) is 11.3 Å². The molecule has 0 atom stereocenters. The van der Waals surface area contributed by atoms with Gasteiger partial charge < -0.3 is 14.6 Å². The molecule has 0 saturated carbocycles. The fourth-order valence-electron chi connectivity index (χ4n) is 1.93. The van der Waals surface area contributed by atoms with Crippen LogP contribution in [0.5, 0.6) is 0 Å². The molecule has 0 bridgehead atoms. The van der Waals surface area contributed by atoms with Crippen LogP contribution in [0.3, 0.4) is 0 Å². The highest BCUT2D eigenvalue weighted by Gasteiger charge is 2.20. The van der Waals surface area contributed by atoms with Crippen LogP contribution in [0.2, 0.25) is 0 Å². The number of rotatable bonds is 2. The number of nitrogens with zero attached hydrogens (tertiary/aromatic N) is 2. The molecule has 0 radical (unpaired) electrons. The average Bonchev–Trinajstić information content (AvgIpc) is 2.70. The van der Waals surface area contributed by atoms with Crippen LogP contribution in [0.25, 0.3) is 11.0 Å². The Kier molecular flexibility index (Phi) is 3.70. The van der Waals surface area contributed by atoms with E-state index in [-0.39, 0.29) is 6.09 Å². The van der Waals surface area contributed by atoms with Gasteiger partial charge in [0.2, 0.25) is 0 Å². The number of para-hydroxylation sites is 1. The lowest BCUT2D eigenvalue weighted by Gasteiger charge is -2.24. The molecule has 1 aromatic heterocycles. The minimum Gasteiger partial charge on any atom is -0.444 e. The zero-order chi connectivity index (χ0) is 14.9. The number of benzene rings is 1. The van der Waals surface area contributed by atoms with Gasteiger partial charge in [0.05, 0.1) is 17.6 Å². The van der Waals surface area contributed by atoms with E-state index in [9.17, 15) is 4.79 Å². The number of fused-ring (bicyclic) bond motifs is 1. The Balaban J connectivity index is 2.12. The number of nitrogens with one attached hydrogen (secondary N) is 1. The number of carbonyl (C=O) groups is 1. The van der Waals surface area contributed by atoms with E-state index in [1.165, 1.54) is 4.90 Å². The molecule has 5 nitrogen and oxygen atoms in total. The molecule has 2 aromatic rings. The predicted octanol–water partition coefficient (Wildman–Crippen LogP) is 3.24. The molecule has 1 aromatic carbocycles. The first-order chi connectivity index (χ1) is 9.26. The third-order valence-corrected chi connectivity index (χ3v) is 2.86. The number of imidazole rings is 1. The monoisotopic (exact) mass is 275 g/mol. The van der Waals surface area contributed by atoms with Gasteiger partial charge in [-0.25, -0.2) is 9.78 Å². The molecule has 2 rings (SSSR count). The number of ether oxygens (including phenoxy) is 1. The van der Waals surface area contributed by atoms with Gasteiger partial charge in [-0.05, 0) is 39.3 Å². The van der Waals surface area contributed by atoms with E-state index in [1.54, 1.807) is 7.05 Å². The summed E-state index contributed by atoms with van der Waals surface area (Å²) >= 11 is 0. The van der Waals surface area contributed by atoms with Crippen LogP contribution in [0, 0.1) is 6.92 Å². The number of carbonyl (C=O) groups excluding carboxylic acids is 1. The van der Waals surface area contributed by atoms with Gasteiger partial charge in [-0.1, -0.05) is 12.1 Å². The fourth-order valence-corrected chi connectivity index (χ4v) is 1.93. The maximum Gasteiger partial charge on any atom is 0.410 e. The second-order valence-electron chi connectivity index (χ2n) is 5.99. The highest BCUT2D eigenvalue weighted by Crippen LogP contribution is 2.16. The van der Waals surface area contributed by atoms with E-state index in [0.29, 0.717) is 6.54 Å². The molecule has 108 valence electrons. The summed E-state index contributed by atoms with van der Waals surface area (Å²) in [6.07, 6.45) is -0.352. The Labute approximate surface area is 118 Å². The number of aromatic nitrogens is 2. The van der Waals surface area contributed by atoms with Gasteiger partial charge in [0.25, 0.3) is 0 Å². The molecule has 0 aliphatic rings. The minimum absolute atomic E-state index is 0.352. The van der Waals surface area contributed by atoms with Crippen molar-refractivity contribution in [1.29, 1.82) is 0 Å². The summed E-state index contributed by atoms with van der Waals surface area (Å²) in [5.74, 6) is 0.752. The number of hydrogen-bond acceptors (Lipinski definition) is 3. The SMILES string of the molecule is Cc1cccc2[nH]c(CN(C)C(=O)OC(C)(C)C)nc12. The van der Waals surface area contributed by atoms with Gasteiger partial charge >= 0.3 is 6.09 Å². The van der Waals surface area contributed by atoms with Crippen LogP contribution in [0.15, 0.2) is 18.2 Å². The zero-order valence-corrected chi connectivity index (χ0v) is 12.7. The standard InChI is InChI=1S/C15H21N3O2/c1-10-7-6-8-11-13(10)17-12(16-11)9-18(5)14(19)20-15(2,3)4/h6-8H,9H2,1-5H3,(H,16,17). The quantitative estimate of drug-likeness (QED) is 0.915. The maximum atomic E-state index is 11.9. The van der Waals surface area contributed by atoms with Gasteiger partial charge in [-0.2, -0.15) is 0 Å². The summed E-state index contributed by atoms with van der Waals surface area (Å²) in [7, 11) is 1.70. The van der Waals surface area contributed by atoms with Gasteiger partial charge in [0.1, 0.15) is 11.4 Å². The van der Waals surface area contributed by atoms with E-state index < -0.39 is 5.60 Å². The molecule has 5 heteroatoms. The normalized spacial score (nSPS) is 11.7. The Hall–Kier alpha value is -2.04. The lowest BCUT2D eigenvalue weighted by atomic mass is 10.2. The third kappa shape index (κ3) is 3.29. The average molecular weight is 275 g/mol. The van der Waals surface area contributed by atoms with Gasteiger partial charge in [-0.3, -0.25) is 0 Å². The van der Waals surface area contributed by atoms with Crippen molar-refractivity contribution >= 4 is 17.1 Å². The Bertz CT molecular complexity index is 626. The zero-order valence-electron chi connectivity index (χ0n) is 12.7. The third-order valence-electron chi connectivity index (χ3n) is 2.86. The molecule has 0 spiro atoms. The molecule has 0 aliphatic carbocycles. The molecule has 1 amide bonds. The summed E-state index contributed by atoms with van der Waals surface area (Å²) in [6, 6.07) is 5.98. The van der Waals surface area contributed by atoms with Crippen LogP contribution in [-0.4, -0.2) is 33.6 Å². The van der Waals surface area contributed by atoms with E-state index in [2.05, 4.69) is 9.97 Å². The number of aromatic amines is 1. The maximum absolute atomic E-state index is 11.9. The highest BCUT2D eigenvalue weighted by atomic mass is 16.6. The smallest absolute Gasteiger partial charge is 0.410 e. The van der Waals surface area contributed by atoms with E-state index in [4.69, 9.17) is 4.74 Å². The van der Waals surface area contributed by atoms with Crippen molar-refractivity contribution in [3.8, 4) is 0 Å². The summed E-state index contributed by atoms with van der Waals surface area (Å²) in [6.45, 7) is 7.96. The first kappa shape index (κ1) is 14.4. The second-order valence-corrected chi connectivity index (χ2v) is 5.99. The summed E-state index contributed by atoms with van der Waals surface area (Å²) in [4.78, 5) is 21.2. The first-order valence-electron chi connectivity index (χ1n) is 6.64. The number of H-pyrrole nitrogens is 1. The fraction of sp³-hybridized carbons (Fsp3) is 0.467. The van der Waals surface area contributed by atoms with E-state index in [0.717, 1.165) is 22.4 Å². The predicted molar refractivity (Wildman–Crippen MR) is 78.5 cm³/mol. The Morgan fingerprint density at radius 1 is 1.40 bits per heavy atom. The molecular formula is C15H21N3O2. The van der Waals surface area contributed by atoms with Crippen LogP contribution < -0.4 is 0 Å². The van der Waals surface area contributed by atoms with Crippen molar-refractivity contribution < 1.29 is 9.53 Å². The Morgan fingerprint density at radius 3 is 2.70 bits per heavy atom. The number of aryl methyl sites for hydroxylation is 1. The summed E-state index contributed by atoms with van der Waals surface area (Å²) in [5.41, 5.74) is 2.55. The molecular weight excluding hydrogens is 254 g/mol. The molecule has 20 heavy (non-hydrogen) atoms. The van der Waals surface area contributed by atoms with Crippen LogP contribution in [0.1, 0.15) is 32.2 Å². The number of hydrogen-bond donors (Lipinski definition) is 1. The largest absolute Gasteiger partial charge is 0.444 e. The summed E-state index contributed by atoms with van der Waals surface area (Å²) in [5, 5.41) is 0. The number of amides is 1. The first-order valence-corrected chi connectivity index (χ1v) is 6.64. The van der Waals surface area contributed by atoms with Crippen molar-refractivity contribution in [3.05, 3.63) is 29.6 Å². The van der Waals surface area contributed by atoms with Gasteiger partial charge in [0, 0.05) is 7.05 Å². The van der Waals surface area contributed by atoms with Crippen molar-refractivity contribution in [3.63, 3.8) is 0 Å². The van der Waals surface area contributed by atoms with Crippen molar-refractivity contribution in [1.82, 2.24) is 14.9 Å². The van der Waals surface area contributed by atoms with E-state index in [1.807, 2.05) is 45.9 Å². The van der Waals surface area contributed by atoms with Crippen LogP contribution in [0.4, 0.5) is 4.79 Å². The minimum atomic E-state index is -0.490. The second kappa shape index (κ2) is 5.15. The van der Waals surface area contributed by atoms with Crippen molar-refractivity contribution in [2.24, 2.45) is 0 Å². The van der Waals surface area contributed by atoms with Gasteiger partial charge in [0.15, 0.2) is 0 Å². The molecule has 1 N–H and O–H groups in total. The molecule has 0 fully saturated rings. The van der Waals surface area contributed by atoms with Crippen LogP contribution >= 0.6 is 0 Å². The molecule has 0 aliphatic heterocycles. The Morgan fingerprint density at radius 2 is 2.10 bits per heavy atom. The van der Waals surface area contributed by atoms with Gasteiger partial charge in [-0.15, -0.1) is 0 Å². The van der Waals surface area contributed by atoms with E-state index >= 15 is 0 Å². The van der Waals surface area contributed by atoms with Crippen molar-refractivity contribution in [2.45, 2.75) is 39.8 Å².